The van der Waals surface area contributed by atoms with Crippen molar-refractivity contribution >= 4 is 6.34 Å². The Bertz CT molecular complexity index is 108. The molecule has 0 radical (unpaired) electrons. The van der Waals surface area contributed by atoms with E-state index in [-0.39, 0.29) is 0 Å². The Kier molecular flexibility index (Phi) is 5.84. The van der Waals surface area contributed by atoms with Gasteiger partial charge in [-0.05, 0) is 27.1 Å². The summed E-state index contributed by atoms with van der Waals surface area (Å²) in [5.74, 6) is 0. The zero-order valence-corrected chi connectivity index (χ0v) is 8.04. The van der Waals surface area contributed by atoms with Crippen LogP contribution in [0.5, 0.6) is 0 Å². The van der Waals surface area contributed by atoms with Gasteiger partial charge < -0.3 is 9.80 Å². The molecule has 0 fully saturated rings. The third-order valence-electron chi connectivity index (χ3n) is 1.21. The summed E-state index contributed by atoms with van der Waals surface area (Å²) in [6.07, 6.45) is 2.99. The molecule has 0 bridgehead atoms. The Hall–Kier alpha value is -0.570. The van der Waals surface area contributed by atoms with Gasteiger partial charge in [-0.15, -0.1) is 0 Å². The largest absolute Gasteiger partial charge is 0.369 e. The lowest BCUT2D eigenvalue weighted by molar-refractivity contribution is 0.403. The van der Waals surface area contributed by atoms with Gasteiger partial charge in [0.25, 0.3) is 0 Å². The third kappa shape index (κ3) is 9.43. The Morgan fingerprint density at radius 2 is 1.82 bits per heavy atom. The minimum absolute atomic E-state index is 0.927. The molecular formula is C8H19N3. The molecule has 0 heterocycles. The number of aliphatic imine (C=N–C) groups is 1. The minimum Gasteiger partial charge on any atom is -0.369 e. The summed E-state index contributed by atoms with van der Waals surface area (Å²) in [4.78, 5) is 8.34. The Morgan fingerprint density at radius 1 is 1.18 bits per heavy atom. The zero-order chi connectivity index (χ0) is 8.69. The quantitative estimate of drug-likeness (QED) is 0.329. The second-order valence-electron chi connectivity index (χ2n) is 3.14. The molecule has 0 N–H and O–H groups in total. The van der Waals surface area contributed by atoms with Gasteiger partial charge in [0.1, 0.15) is 0 Å². The summed E-state index contributed by atoms with van der Waals surface area (Å²) < 4.78 is 0. The molecule has 3 heteroatoms. The van der Waals surface area contributed by atoms with Crippen LogP contribution < -0.4 is 0 Å². The molecule has 66 valence electrons. The van der Waals surface area contributed by atoms with Crippen LogP contribution in [-0.2, 0) is 0 Å². The number of nitrogens with zero attached hydrogens (tertiary/aromatic N) is 3. The van der Waals surface area contributed by atoms with Crippen LogP contribution in [0.1, 0.15) is 6.42 Å². The van der Waals surface area contributed by atoms with E-state index in [1.54, 1.807) is 0 Å². The van der Waals surface area contributed by atoms with E-state index in [2.05, 4.69) is 24.0 Å². The SMILES string of the molecule is CN(C)C=NCCCN(C)C. The summed E-state index contributed by atoms with van der Waals surface area (Å²) in [5, 5.41) is 0. The highest BCUT2D eigenvalue weighted by Crippen LogP contribution is 1.83. The zero-order valence-electron chi connectivity index (χ0n) is 8.04. The van der Waals surface area contributed by atoms with Crippen LogP contribution in [0.15, 0.2) is 4.99 Å². The number of rotatable bonds is 5. The van der Waals surface area contributed by atoms with Gasteiger partial charge in [0.15, 0.2) is 0 Å². The highest BCUT2D eigenvalue weighted by atomic mass is 15.1. The number of hydrogen-bond donors (Lipinski definition) is 0. The molecule has 11 heavy (non-hydrogen) atoms. The van der Waals surface area contributed by atoms with Crippen molar-refractivity contribution in [2.24, 2.45) is 4.99 Å². The van der Waals surface area contributed by atoms with Crippen molar-refractivity contribution in [3.63, 3.8) is 0 Å². The van der Waals surface area contributed by atoms with Gasteiger partial charge in [0.05, 0.1) is 6.34 Å². The van der Waals surface area contributed by atoms with E-state index in [0.29, 0.717) is 0 Å². The maximum Gasteiger partial charge on any atom is 0.0844 e. The molecule has 0 atom stereocenters. The molecule has 3 nitrogen and oxygen atoms in total. The third-order valence-corrected chi connectivity index (χ3v) is 1.21. The van der Waals surface area contributed by atoms with Gasteiger partial charge in [-0.2, -0.15) is 0 Å². The first-order valence-electron chi connectivity index (χ1n) is 3.94. The smallest absolute Gasteiger partial charge is 0.0844 e. The van der Waals surface area contributed by atoms with E-state index < -0.39 is 0 Å². The van der Waals surface area contributed by atoms with E-state index in [4.69, 9.17) is 0 Å². The monoisotopic (exact) mass is 157 g/mol. The molecule has 0 unspecified atom stereocenters. The molecular weight excluding hydrogens is 138 g/mol. The topological polar surface area (TPSA) is 18.8 Å². The van der Waals surface area contributed by atoms with E-state index in [0.717, 1.165) is 19.5 Å². The lowest BCUT2D eigenvalue weighted by Gasteiger charge is -2.07. The van der Waals surface area contributed by atoms with Crippen molar-refractivity contribution in [2.45, 2.75) is 6.42 Å². The lowest BCUT2D eigenvalue weighted by Crippen LogP contribution is -2.14. The van der Waals surface area contributed by atoms with Gasteiger partial charge in [-0.25, -0.2) is 0 Å². The normalized spacial score (nSPS) is 11.4. The van der Waals surface area contributed by atoms with E-state index in [1.807, 2.05) is 25.3 Å². The standard InChI is InChI=1S/C8H19N3/c1-10(2)7-5-6-9-8-11(3)4/h8H,5-7H2,1-4H3. The van der Waals surface area contributed by atoms with Crippen LogP contribution in [0.25, 0.3) is 0 Å². The Balaban J connectivity index is 3.14. The van der Waals surface area contributed by atoms with Crippen molar-refractivity contribution in [1.29, 1.82) is 0 Å². The first kappa shape index (κ1) is 10.4. The van der Waals surface area contributed by atoms with Crippen molar-refractivity contribution in [3.05, 3.63) is 0 Å². The lowest BCUT2D eigenvalue weighted by atomic mass is 10.4. The fraction of sp³-hybridized carbons (Fsp3) is 0.875. The minimum atomic E-state index is 0.927. The van der Waals surface area contributed by atoms with Crippen molar-refractivity contribution in [2.75, 3.05) is 41.3 Å². The van der Waals surface area contributed by atoms with Crippen molar-refractivity contribution in [3.8, 4) is 0 Å². The highest BCUT2D eigenvalue weighted by Gasteiger charge is 1.87. The first-order valence-corrected chi connectivity index (χ1v) is 3.94. The van der Waals surface area contributed by atoms with Crippen LogP contribution in [-0.4, -0.2) is 57.4 Å². The molecule has 0 aliphatic heterocycles. The van der Waals surface area contributed by atoms with Crippen molar-refractivity contribution < 1.29 is 0 Å². The highest BCUT2D eigenvalue weighted by molar-refractivity contribution is 5.53. The second-order valence-corrected chi connectivity index (χ2v) is 3.14. The average molecular weight is 157 g/mol. The van der Waals surface area contributed by atoms with E-state index >= 15 is 0 Å². The van der Waals surface area contributed by atoms with Crippen LogP contribution in [0.2, 0.25) is 0 Å². The predicted octanol–water partition coefficient (Wildman–Crippen LogP) is 0.528. The summed E-state index contributed by atoms with van der Waals surface area (Å²) in [5.41, 5.74) is 0. The molecule has 0 amide bonds. The number of hydrogen-bond acceptors (Lipinski definition) is 2. The molecule has 0 saturated heterocycles. The molecule has 0 spiro atoms. The van der Waals surface area contributed by atoms with E-state index in [1.165, 1.54) is 0 Å². The van der Waals surface area contributed by atoms with Gasteiger partial charge in [0, 0.05) is 20.6 Å². The average Bonchev–Trinajstić information content (AvgIpc) is 1.85. The molecule has 0 saturated carbocycles. The molecule has 0 rings (SSSR count). The fourth-order valence-electron chi connectivity index (χ4n) is 0.699. The van der Waals surface area contributed by atoms with Crippen LogP contribution in [0, 0.1) is 0 Å². The second kappa shape index (κ2) is 6.16. The molecule has 0 aliphatic rings. The maximum absolute atomic E-state index is 4.22. The molecule has 0 aliphatic carbocycles. The van der Waals surface area contributed by atoms with Gasteiger partial charge in [0.2, 0.25) is 0 Å². The van der Waals surface area contributed by atoms with Crippen LogP contribution >= 0.6 is 0 Å². The Labute approximate surface area is 69.7 Å². The summed E-state index contributed by atoms with van der Waals surface area (Å²) in [7, 11) is 8.12. The Morgan fingerprint density at radius 3 is 2.27 bits per heavy atom. The summed E-state index contributed by atoms with van der Waals surface area (Å²) in [6, 6.07) is 0. The molecule has 0 aromatic heterocycles. The molecule has 0 aromatic carbocycles. The first-order chi connectivity index (χ1) is 5.13. The van der Waals surface area contributed by atoms with Crippen LogP contribution in [0.3, 0.4) is 0 Å². The predicted molar refractivity (Wildman–Crippen MR) is 50.2 cm³/mol. The fourth-order valence-corrected chi connectivity index (χ4v) is 0.699. The van der Waals surface area contributed by atoms with Gasteiger partial charge in [-0.1, -0.05) is 0 Å². The van der Waals surface area contributed by atoms with Crippen LogP contribution in [0.4, 0.5) is 0 Å². The summed E-state index contributed by atoms with van der Waals surface area (Å²) >= 11 is 0. The van der Waals surface area contributed by atoms with Gasteiger partial charge >= 0.3 is 0 Å². The van der Waals surface area contributed by atoms with Gasteiger partial charge in [-0.3, -0.25) is 4.99 Å². The maximum atomic E-state index is 4.22. The summed E-state index contributed by atoms with van der Waals surface area (Å²) in [6.45, 7) is 2.04. The van der Waals surface area contributed by atoms with E-state index in [9.17, 15) is 0 Å². The van der Waals surface area contributed by atoms with Crippen molar-refractivity contribution in [1.82, 2.24) is 9.80 Å². The molecule has 0 aromatic rings.